The topological polar surface area (TPSA) is 88.4 Å². The van der Waals surface area contributed by atoms with Gasteiger partial charge in [-0.3, -0.25) is 4.79 Å². The largest absolute Gasteiger partial charge is 0.308 e. The Kier molecular flexibility index (Phi) is 6.73. The van der Waals surface area contributed by atoms with Gasteiger partial charge in [-0.25, -0.2) is 15.0 Å². The lowest BCUT2D eigenvalue weighted by molar-refractivity contribution is 0.427. The highest BCUT2D eigenvalue weighted by Crippen LogP contribution is 2.33. The summed E-state index contributed by atoms with van der Waals surface area (Å²) < 4.78 is 28.1. The highest BCUT2D eigenvalue weighted by atomic mass is 32.2. The number of para-hydroxylation sites is 1. The minimum Gasteiger partial charge on any atom is -0.308 e. The molecule has 0 amide bonds. The number of hydrogen-bond donors (Lipinski definition) is 0. The van der Waals surface area contributed by atoms with Crippen LogP contribution >= 0.6 is 0 Å². The van der Waals surface area contributed by atoms with Crippen LogP contribution in [0.1, 0.15) is 29.6 Å². The third-order valence-corrected chi connectivity index (χ3v) is 7.11. The third kappa shape index (κ3) is 4.69. The Hall–Kier alpha value is -3.56. The Morgan fingerprint density at radius 3 is 2.31 bits per heavy atom. The van der Waals surface area contributed by atoms with Crippen molar-refractivity contribution in [1.82, 2.24) is 19.5 Å². The van der Waals surface area contributed by atoms with Gasteiger partial charge < -0.3 is 4.57 Å². The van der Waals surface area contributed by atoms with Crippen molar-refractivity contribution in [2.75, 3.05) is 18.5 Å². The Morgan fingerprint density at radius 2 is 1.69 bits per heavy atom. The SMILES string of the molecule is CCc1nc2c(C)cc(C)nc2n1Cc1ccc(-c2ccccc2N(N(C)C)S(=O)(=O)C=O)cc1. The number of nitrogens with zero attached hydrogens (tertiary/aromatic N) is 5. The van der Waals surface area contributed by atoms with Crippen molar-refractivity contribution in [2.45, 2.75) is 33.7 Å². The molecule has 0 spiro atoms. The van der Waals surface area contributed by atoms with Gasteiger partial charge in [0.1, 0.15) is 11.3 Å². The van der Waals surface area contributed by atoms with Crippen LogP contribution in [0.25, 0.3) is 22.3 Å². The van der Waals surface area contributed by atoms with Crippen LogP contribution in [0.2, 0.25) is 0 Å². The van der Waals surface area contributed by atoms with E-state index >= 15 is 0 Å². The summed E-state index contributed by atoms with van der Waals surface area (Å²) >= 11 is 0. The summed E-state index contributed by atoms with van der Waals surface area (Å²) in [5, 5.41) is 1.38. The highest BCUT2D eigenvalue weighted by molar-refractivity contribution is 8.05. The van der Waals surface area contributed by atoms with Crippen molar-refractivity contribution in [3.63, 3.8) is 0 Å². The van der Waals surface area contributed by atoms with Crippen LogP contribution in [0.15, 0.2) is 54.6 Å². The number of hydrazine groups is 1. The summed E-state index contributed by atoms with van der Waals surface area (Å²) in [5.74, 6) is 0.983. The molecule has 8 nitrogen and oxygen atoms in total. The van der Waals surface area contributed by atoms with Gasteiger partial charge in [-0.15, -0.1) is 0 Å². The fraction of sp³-hybridized carbons (Fsp3) is 0.269. The molecule has 0 aliphatic rings. The smallest absolute Gasteiger partial charge is 0.308 e. The number of aromatic nitrogens is 3. The first-order valence-electron chi connectivity index (χ1n) is 11.4. The molecule has 2 aromatic heterocycles. The third-order valence-electron chi connectivity index (χ3n) is 5.86. The molecule has 2 aromatic carbocycles. The van der Waals surface area contributed by atoms with Crippen molar-refractivity contribution in [2.24, 2.45) is 0 Å². The standard InChI is InChI=1S/C26H29N5O3S/c1-6-24-28-25-18(2)15-19(3)27-26(25)30(24)16-20-11-13-21(14-12-20)22-9-7-8-10-23(22)31(29(4)5)35(33,34)17-32/h7-15,17H,6,16H2,1-5H3. The maximum Gasteiger partial charge on any atom is 0.308 e. The molecule has 4 rings (SSSR count). The van der Waals surface area contributed by atoms with Crippen LogP contribution in [0, 0.1) is 13.8 Å². The predicted octanol–water partition coefficient (Wildman–Crippen LogP) is 4.13. The number of carbonyl (C=O) groups excluding carboxylic acids is 1. The van der Waals surface area contributed by atoms with Crippen molar-refractivity contribution >= 4 is 32.5 Å². The number of carbonyl (C=O) groups is 1. The second-order valence-electron chi connectivity index (χ2n) is 8.67. The van der Waals surface area contributed by atoms with Crippen LogP contribution < -0.4 is 4.41 Å². The first kappa shape index (κ1) is 24.6. The molecule has 35 heavy (non-hydrogen) atoms. The maximum atomic E-state index is 12.5. The fourth-order valence-corrected chi connectivity index (χ4v) is 5.33. The monoisotopic (exact) mass is 491 g/mol. The molecule has 9 heteroatoms. The molecule has 0 radical (unpaired) electrons. The van der Waals surface area contributed by atoms with E-state index in [-0.39, 0.29) is 5.62 Å². The first-order valence-corrected chi connectivity index (χ1v) is 12.9. The number of benzene rings is 2. The second-order valence-corrected chi connectivity index (χ2v) is 10.2. The van der Waals surface area contributed by atoms with Gasteiger partial charge in [0.2, 0.25) is 0 Å². The molecule has 0 N–H and O–H groups in total. The zero-order valence-corrected chi connectivity index (χ0v) is 21.4. The summed E-state index contributed by atoms with van der Waals surface area (Å²) in [6.07, 6.45) is 0.798. The number of rotatable bonds is 8. The van der Waals surface area contributed by atoms with Crippen molar-refractivity contribution in [1.29, 1.82) is 0 Å². The molecule has 182 valence electrons. The van der Waals surface area contributed by atoms with Crippen molar-refractivity contribution < 1.29 is 13.2 Å². The number of imidazole rings is 1. The molecule has 0 aliphatic heterocycles. The molecular weight excluding hydrogens is 462 g/mol. The molecule has 0 bridgehead atoms. The predicted molar refractivity (Wildman–Crippen MR) is 139 cm³/mol. The number of fused-ring (bicyclic) bond motifs is 1. The highest BCUT2D eigenvalue weighted by Gasteiger charge is 2.26. The van der Waals surface area contributed by atoms with Gasteiger partial charge in [0, 0.05) is 31.8 Å². The molecule has 0 aliphatic carbocycles. The molecule has 2 heterocycles. The van der Waals surface area contributed by atoms with Crippen molar-refractivity contribution in [3.8, 4) is 11.1 Å². The quantitative estimate of drug-likeness (QED) is 0.272. The molecular formula is C26H29N5O3S. The van der Waals surface area contributed by atoms with Crippen LogP contribution in [0.5, 0.6) is 0 Å². The minimum atomic E-state index is -4.16. The van der Waals surface area contributed by atoms with E-state index in [1.807, 2.05) is 49.4 Å². The van der Waals surface area contributed by atoms with Crippen LogP contribution in [-0.2, 0) is 27.8 Å². The Balaban J connectivity index is 1.73. The molecule has 0 atom stereocenters. The number of pyridine rings is 1. The van der Waals surface area contributed by atoms with E-state index in [9.17, 15) is 13.2 Å². The van der Waals surface area contributed by atoms with Gasteiger partial charge in [-0.2, -0.15) is 12.8 Å². The lowest BCUT2D eigenvalue weighted by atomic mass is 10.0. The van der Waals surface area contributed by atoms with Gasteiger partial charge >= 0.3 is 10.0 Å². The van der Waals surface area contributed by atoms with Gasteiger partial charge in [0.05, 0.1) is 12.2 Å². The number of hydrogen-bond acceptors (Lipinski definition) is 6. The number of anilines is 1. The lowest BCUT2D eigenvalue weighted by Crippen LogP contribution is -2.42. The summed E-state index contributed by atoms with van der Waals surface area (Å²) in [5.41, 5.74) is 6.87. The molecule has 0 fully saturated rings. The zero-order chi connectivity index (χ0) is 25.3. The van der Waals surface area contributed by atoms with Gasteiger partial charge in [-0.05, 0) is 42.7 Å². The second kappa shape index (κ2) is 9.59. The Bertz CT molecular complexity index is 1490. The average molecular weight is 492 g/mol. The zero-order valence-electron chi connectivity index (χ0n) is 20.6. The molecule has 4 aromatic rings. The van der Waals surface area contributed by atoms with Crippen molar-refractivity contribution in [3.05, 3.63) is 77.2 Å². The Labute approximate surface area is 205 Å². The number of sulfonamides is 1. The molecule has 0 saturated carbocycles. The van der Waals surface area contributed by atoms with E-state index in [0.717, 1.165) is 50.2 Å². The van der Waals surface area contributed by atoms with E-state index in [1.165, 1.54) is 5.01 Å². The molecule has 0 unspecified atom stereocenters. The lowest BCUT2D eigenvalue weighted by Gasteiger charge is -2.29. The Morgan fingerprint density at radius 1 is 1.00 bits per heavy atom. The number of aryl methyl sites for hydroxylation is 3. The summed E-state index contributed by atoms with van der Waals surface area (Å²) in [6.45, 7) is 6.76. The van der Waals surface area contributed by atoms with Gasteiger partial charge in [0.15, 0.2) is 5.65 Å². The van der Waals surface area contributed by atoms with Gasteiger partial charge in [0.25, 0.3) is 5.62 Å². The van der Waals surface area contributed by atoms with E-state index in [4.69, 9.17) is 9.97 Å². The van der Waals surface area contributed by atoms with Crippen LogP contribution in [0.3, 0.4) is 0 Å². The van der Waals surface area contributed by atoms with E-state index in [1.54, 1.807) is 26.2 Å². The van der Waals surface area contributed by atoms with E-state index < -0.39 is 10.0 Å². The summed E-state index contributed by atoms with van der Waals surface area (Å²) in [4.78, 5) is 20.9. The fourth-order valence-electron chi connectivity index (χ4n) is 4.36. The van der Waals surface area contributed by atoms with Crippen LogP contribution in [0.4, 0.5) is 5.69 Å². The summed E-state index contributed by atoms with van der Waals surface area (Å²) in [6, 6.07) is 17.1. The minimum absolute atomic E-state index is 0.0366. The maximum absolute atomic E-state index is 12.5. The van der Waals surface area contributed by atoms with E-state index in [2.05, 4.69) is 18.4 Å². The average Bonchev–Trinajstić information content (AvgIpc) is 3.17. The normalized spacial score (nSPS) is 11.8. The molecule has 0 saturated heterocycles. The van der Waals surface area contributed by atoms with Gasteiger partial charge in [-0.1, -0.05) is 49.4 Å². The van der Waals surface area contributed by atoms with Crippen LogP contribution in [-0.4, -0.2) is 47.7 Å². The summed E-state index contributed by atoms with van der Waals surface area (Å²) in [7, 11) is -0.995. The first-order chi connectivity index (χ1) is 16.7. The van der Waals surface area contributed by atoms with E-state index in [0.29, 0.717) is 17.8 Å².